The number of thiocarbonyl (C=S) groups is 1. The lowest BCUT2D eigenvalue weighted by Gasteiger charge is -2.26. The van der Waals surface area contributed by atoms with Crippen molar-refractivity contribution in [1.82, 2.24) is 15.5 Å². The molecule has 3 rings (SSSR count). The lowest BCUT2D eigenvalue weighted by Crippen LogP contribution is -2.41. The maximum atomic E-state index is 5.90. The van der Waals surface area contributed by atoms with Gasteiger partial charge in [-0.1, -0.05) is 11.6 Å². The molecule has 2 aromatic rings. The Kier molecular flexibility index (Phi) is 7.68. The predicted molar refractivity (Wildman–Crippen MR) is 113 cm³/mol. The van der Waals surface area contributed by atoms with Crippen LogP contribution in [0.2, 0.25) is 5.02 Å². The van der Waals surface area contributed by atoms with Gasteiger partial charge in [0.25, 0.3) is 0 Å². The molecule has 0 aliphatic carbocycles. The molecule has 0 amide bonds. The normalized spacial score (nSPS) is 15.7. The number of nitrogens with zero attached hydrogens (tertiary/aromatic N) is 1. The molecule has 26 heavy (non-hydrogen) atoms. The third-order valence-electron chi connectivity index (χ3n) is 4.38. The molecule has 1 aromatic carbocycles. The lowest BCUT2D eigenvalue weighted by atomic mass is 10.2. The molecule has 1 fully saturated rings. The highest BCUT2D eigenvalue weighted by molar-refractivity contribution is 7.99. The third kappa shape index (κ3) is 5.91. The topological polar surface area (TPSA) is 40.4 Å². The van der Waals surface area contributed by atoms with Gasteiger partial charge in [-0.05, 0) is 74.5 Å². The summed E-state index contributed by atoms with van der Waals surface area (Å²) in [5, 5.41) is 8.08. The molecular formula is C19H24ClN3OS2. The molecule has 2 heterocycles. The van der Waals surface area contributed by atoms with Crippen LogP contribution in [0, 0.1) is 0 Å². The number of rotatable bonds is 8. The summed E-state index contributed by atoms with van der Waals surface area (Å²) in [7, 11) is 0. The van der Waals surface area contributed by atoms with Crippen LogP contribution >= 0.6 is 35.6 Å². The molecule has 0 spiro atoms. The quantitative estimate of drug-likeness (QED) is 0.384. The summed E-state index contributed by atoms with van der Waals surface area (Å²) in [4.78, 5) is 3.67. The number of thioether (sulfide) groups is 1. The van der Waals surface area contributed by atoms with E-state index in [0.717, 1.165) is 42.7 Å². The number of nitrogens with one attached hydrogen (secondary N) is 2. The van der Waals surface area contributed by atoms with E-state index < -0.39 is 0 Å². The van der Waals surface area contributed by atoms with E-state index >= 15 is 0 Å². The first-order valence-electron chi connectivity index (χ1n) is 8.90. The number of hydrogen-bond donors (Lipinski definition) is 2. The lowest BCUT2D eigenvalue weighted by molar-refractivity contribution is 0.215. The average molecular weight is 410 g/mol. The van der Waals surface area contributed by atoms with E-state index in [1.807, 2.05) is 36.4 Å². The zero-order chi connectivity index (χ0) is 18.2. The van der Waals surface area contributed by atoms with Crippen molar-refractivity contribution in [1.29, 1.82) is 0 Å². The van der Waals surface area contributed by atoms with Crippen molar-refractivity contribution in [2.45, 2.75) is 23.8 Å². The Labute approximate surface area is 169 Å². The van der Waals surface area contributed by atoms with Crippen LogP contribution in [0.25, 0.3) is 0 Å². The van der Waals surface area contributed by atoms with Gasteiger partial charge in [-0.2, -0.15) is 0 Å². The SMILES string of the molecule is S=C(NCCSc1ccc(Cl)cc1)NCC(c1ccco1)N1CCCC1. The molecule has 140 valence electrons. The molecule has 0 radical (unpaired) electrons. The first kappa shape index (κ1) is 19.5. The Morgan fingerprint density at radius 1 is 1.19 bits per heavy atom. The van der Waals surface area contributed by atoms with Crippen molar-refractivity contribution >= 4 is 40.7 Å². The standard InChI is InChI=1S/C19H24ClN3OS2/c20-15-5-7-16(8-6-15)26-13-9-21-19(25)22-14-17(18-4-3-12-24-18)23-10-1-2-11-23/h3-8,12,17H,1-2,9-11,13-14H2,(H2,21,22,25). The van der Waals surface area contributed by atoms with Gasteiger partial charge in [0.05, 0.1) is 12.3 Å². The summed E-state index contributed by atoms with van der Waals surface area (Å²) in [5.74, 6) is 1.94. The van der Waals surface area contributed by atoms with E-state index in [-0.39, 0.29) is 6.04 Å². The van der Waals surface area contributed by atoms with Crippen LogP contribution in [-0.2, 0) is 0 Å². The predicted octanol–water partition coefficient (Wildman–Crippen LogP) is 4.33. The summed E-state index contributed by atoms with van der Waals surface area (Å²) in [5.41, 5.74) is 0. The summed E-state index contributed by atoms with van der Waals surface area (Å²) >= 11 is 13.1. The van der Waals surface area contributed by atoms with Gasteiger partial charge >= 0.3 is 0 Å². The van der Waals surface area contributed by atoms with Crippen LogP contribution in [-0.4, -0.2) is 41.9 Å². The molecule has 2 N–H and O–H groups in total. The zero-order valence-electron chi connectivity index (χ0n) is 14.6. The van der Waals surface area contributed by atoms with Gasteiger partial charge in [-0.3, -0.25) is 4.90 Å². The first-order chi connectivity index (χ1) is 12.7. The fraction of sp³-hybridized carbons (Fsp3) is 0.421. The van der Waals surface area contributed by atoms with Crippen molar-refractivity contribution in [2.75, 3.05) is 31.9 Å². The maximum absolute atomic E-state index is 5.90. The van der Waals surface area contributed by atoms with Crippen LogP contribution in [0.4, 0.5) is 0 Å². The van der Waals surface area contributed by atoms with Crippen LogP contribution in [0.5, 0.6) is 0 Å². The van der Waals surface area contributed by atoms with Crippen LogP contribution in [0.15, 0.2) is 52.0 Å². The Hall–Kier alpha value is -1.21. The van der Waals surface area contributed by atoms with Gasteiger partial charge in [-0.25, -0.2) is 0 Å². The van der Waals surface area contributed by atoms with Crippen LogP contribution in [0.3, 0.4) is 0 Å². The monoisotopic (exact) mass is 409 g/mol. The summed E-state index contributed by atoms with van der Waals surface area (Å²) in [6, 6.07) is 12.1. The third-order valence-corrected chi connectivity index (χ3v) is 5.93. The van der Waals surface area contributed by atoms with Crippen molar-refractivity contribution in [3.05, 3.63) is 53.4 Å². The van der Waals surface area contributed by atoms with Gasteiger partial charge in [-0.15, -0.1) is 11.8 Å². The van der Waals surface area contributed by atoms with E-state index in [1.165, 1.54) is 17.7 Å². The van der Waals surface area contributed by atoms with E-state index in [4.69, 9.17) is 28.2 Å². The van der Waals surface area contributed by atoms with Gasteiger partial charge in [0.2, 0.25) is 0 Å². The smallest absolute Gasteiger partial charge is 0.166 e. The van der Waals surface area contributed by atoms with Gasteiger partial charge in [0.15, 0.2) is 5.11 Å². The largest absolute Gasteiger partial charge is 0.468 e. The fourth-order valence-electron chi connectivity index (χ4n) is 3.06. The van der Waals surface area contributed by atoms with Crippen molar-refractivity contribution in [3.8, 4) is 0 Å². The molecule has 1 aliphatic heterocycles. The minimum Gasteiger partial charge on any atom is -0.468 e. The van der Waals surface area contributed by atoms with Crippen LogP contribution in [0.1, 0.15) is 24.6 Å². The number of hydrogen-bond acceptors (Lipinski definition) is 4. The zero-order valence-corrected chi connectivity index (χ0v) is 17.0. The van der Waals surface area contributed by atoms with Crippen molar-refractivity contribution in [2.24, 2.45) is 0 Å². The van der Waals surface area contributed by atoms with E-state index in [1.54, 1.807) is 18.0 Å². The Morgan fingerprint density at radius 3 is 2.65 bits per heavy atom. The van der Waals surface area contributed by atoms with E-state index in [2.05, 4.69) is 15.5 Å². The molecule has 1 aromatic heterocycles. The summed E-state index contributed by atoms with van der Waals surface area (Å²) in [6.07, 6.45) is 4.24. The average Bonchev–Trinajstić information content (AvgIpc) is 3.35. The summed E-state index contributed by atoms with van der Waals surface area (Å²) < 4.78 is 5.64. The molecule has 7 heteroatoms. The highest BCUT2D eigenvalue weighted by atomic mass is 35.5. The number of furan rings is 1. The maximum Gasteiger partial charge on any atom is 0.166 e. The molecule has 4 nitrogen and oxygen atoms in total. The van der Waals surface area contributed by atoms with E-state index in [9.17, 15) is 0 Å². The molecule has 1 saturated heterocycles. The molecule has 1 atom stereocenters. The molecule has 1 aliphatic rings. The van der Waals surface area contributed by atoms with E-state index in [0.29, 0.717) is 5.11 Å². The second kappa shape index (κ2) is 10.2. The Morgan fingerprint density at radius 2 is 1.96 bits per heavy atom. The fourth-order valence-corrected chi connectivity index (χ4v) is 4.14. The van der Waals surface area contributed by atoms with Gasteiger partial charge in [0, 0.05) is 28.8 Å². The molecule has 1 unspecified atom stereocenters. The molecular weight excluding hydrogens is 386 g/mol. The van der Waals surface area contributed by atoms with Crippen LogP contribution < -0.4 is 10.6 Å². The minimum absolute atomic E-state index is 0.232. The van der Waals surface area contributed by atoms with Crippen molar-refractivity contribution in [3.63, 3.8) is 0 Å². The van der Waals surface area contributed by atoms with Gasteiger partial charge in [0.1, 0.15) is 5.76 Å². The summed E-state index contributed by atoms with van der Waals surface area (Å²) in [6.45, 7) is 3.80. The molecule has 0 bridgehead atoms. The Bertz CT molecular complexity index is 673. The number of likely N-dealkylation sites (tertiary alicyclic amines) is 1. The number of halogens is 1. The highest BCUT2D eigenvalue weighted by Crippen LogP contribution is 2.24. The minimum atomic E-state index is 0.232. The second-order valence-electron chi connectivity index (χ2n) is 6.21. The second-order valence-corrected chi connectivity index (χ2v) is 8.23. The van der Waals surface area contributed by atoms with Crippen molar-refractivity contribution < 1.29 is 4.42 Å². The Balaban J connectivity index is 1.38. The van der Waals surface area contributed by atoms with Gasteiger partial charge < -0.3 is 15.1 Å². The first-order valence-corrected chi connectivity index (χ1v) is 10.7. The highest BCUT2D eigenvalue weighted by Gasteiger charge is 2.25. The molecule has 0 saturated carbocycles. The number of benzene rings is 1.